The Kier molecular flexibility index (Phi) is 5.53. The molecule has 0 spiro atoms. The van der Waals surface area contributed by atoms with Crippen LogP contribution in [0.3, 0.4) is 0 Å². The fourth-order valence-electron chi connectivity index (χ4n) is 2.50. The van der Waals surface area contributed by atoms with Crippen molar-refractivity contribution < 1.29 is 9.59 Å². The number of nitrogens with zero attached hydrogens (tertiary/aromatic N) is 2. The van der Waals surface area contributed by atoms with E-state index in [0.717, 1.165) is 22.5 Å². The highest BCUT2D eigenvalue weighted by molar-refractivity contribution is 6.11. The van der Waals surface area contributed by atoms with Gasteiger partial charge < -0.3 is 9.80 Å². The maximum Gasteiger partial charge on any atom is 0.153 e. The van der Waals surface area contributed by atoms with Gasteiger partial charge in [-0.3, -0.25) is 9.59 Å². The first-order chi connectivity index (χ1) is 11.5. The zero-order chi connectivity index (χ0) is 17.7. The SMILES string of the molecule is CN(C)c1ccc(C(=C(C=O)C=O)c2ccc(N(C)C)cc2)cc1. The van der Waals surface area contributed by atoms with Crippen molar-refractivity contribution >= 4 is 29.5 Å². The fourth-order valence-corrected chi connectivity index (χ4v) is 2.50. The molecule has 0 unspecified atom stereocenters. The van der Waals surface area contributed by atoms with Gasteiger partial charge in [-0.05, 0) is 35.4 Å². The van der Waals surface area contributed by atoms with Crippen LogP contribution in [0.25, 0.3) is 5.57 Å². The highest BCUT2D eigenvalue weighted by Crippen LogP contribution is 2.28. The van der Waals surface area contributed by atoms with E-state index in [-0.39, 0.29) is 5.57 Å². The molecule has 2 aromatic rings. The van der Waals surface area contributed by atoms with E-state index in [1.165, 1.54) is 0 Å². The molecule has 0 aromatic heterocycles. The van der Waals surface area contributed by atoms with Crippen LogP contribution in [0.2, 0.25) is 0 Å². The number of carbonyl (C=O) groups is 2. The molecule has 2 rings (SSSR count). The van der Waals surface area contributed by atoms with Crippen LogP contribution in [0.1, 0.15) is 11.1 Å². The molecule has 0 radical (unpaired) electrons. The summed E-state index contributed by atoms with van der Waals surface area (Å²) in [6.45, 7) is 0. The van der Waals surface area contributed by atoms with Crippen molar-refractivity contribution in [1.29, 1.82) is 0 Å². The number of anilines is 2. The number of benzene rings is 2. The van der Waals surface area contributed by atoms with Crippen LogP contribution in [0.5, 0.6) is 0 Å². The predicted molar refractivity (Wildman–Crippen MR) is 99.7 cm³/mol. The van der Waals surface area contributed by atoms with Crippen molar-refractivity contribution in [2.24, 2.45) is 0 Å². The standard InChI is InChI=1S/C20H22N2O2/c1-21(2)18-9-5-15(6-10-18)20(17(13-23)14-24)16-7-11-19(12-8-16)22(3)4/h5-14H,1-4H3. The fraction of sp³-hybridized carbons (Fsp3) is 0.200. The van der Waals surface area contributed by atoms with Gasteiger partial charge in [-0.1, -0.05) is 24.3 Å². The Morgan fingerprint density at radius 3 is 1.25 bits per heavy atom. The minimum absolute atomic E-state index is 0.144. The van der Waals surface area contributed by atoms with Gasteiger partial charge in [0.15, 0.2) is 12.6 Å². The molecule has 0 aliphatic carbocycles. The van der Waals surface area contributed by atoms with E-state index in [1.807, 2.05) is 86.5 Å². The van der Waals surface area contributed by atoms with Crippen molar-refractivity contribution in [2.45, 2.75) is 0 Å². The van der Waals surface area contributed by atoms with E-state index < -0.39 is 0 Å². The number of hydrogen-bond donors (Lipinski definition) is 0. The van der Waals surface area contributed by atoms with Crippen molar-refractivity contribution in [3.8, 4) is 0 Å². The molecule has 0 atom stereocenters. The van der Waals surface area contributed by atoms with Gasteiger partial charge in [-0.15, -0.1) is 0 Å². The Hall–Kier alpha value is -2.88. The second kappa shape index (κ2) is 7.59. The topological polar surface area (TPSA) is 40.6 Å². The molecule has 124 valence electrons. The van der Waals surface area contributed by atoms with Gasteiger partial charge in [0.2, 0.25) is 0 Å². The Labute approximate surface area is 143 Å². The smallest absolute Gasteiger partial charge is 0.153 e. The Morgan fingerprint density at radius 1 is 0.667 bits per heavy atom. The summed E-state index contributed by atoms with van der Waals surface area (Å²) in [6, 6.07) is 15.6. The summed E-state index contributed by atoms with van der Waals surface area (Å²) in [4.78, 5) is 26.7. The molecule has 0 heterocycles. The lowest BCUT2D eigenvalue weighted by atomic mass is 9.93. The average Bonchev–Trinajstić information content (AvgIpc) is 2.59. The van der Waals surface area contributed by atoms with Gasteiger partial charge in [0.25, 0.3) is 0 Å². The van der Waals surface area contributed by atoms with E-state index in [9.17, 15) is 9.59 Å². The van der Waals surface area contributed by atoms with Gasteiger partial charge in [-0.2, -0.15) is 0 Å². The quantitative estimate of drug-likeness (QED) is 0.355. The first kappa shape index (κ1) is 17.5. The lowest BCUT2D eigenvalue weighted by Crippen LogP contribution is -2.09. The van der Waals surface area contributed by atoms with E-state index in [1.54, 1.807) is 0 Å². The summed E-state index contributed by atoms with van der Waals surface area (Å²) >= 11 is 0. The van der Waals surface area contributed by atoms with Crippen molar-refractivity contribution in [3.63, 3.8) is 0 Å². The largest absolute Gasteiger partial charge is 0.378 e. The molecule has 0 saturated carbocycles. The zero-order valence-corrected chi connectivity index (χ0v) is 14.5. The van der Waals surface area contributed by atoms with Gasteiger partial charge in [-0.25, -0.2) is 0 Å². The third kappa shape index (κ3) is 3.71. The molecule has 0 aliphatic heterocycles. The van der Waals surface area contributed by atoms with Crippen molar-refractivity contribution in [2.75, 3.05) is 38.0 Å². The van der Waals surface area contributed by atoms with E-state index in [4.69, 9.17) is 0 Å². The molecule has 0 saturated heterocycles. The first-order valence-corrected chi connectivity index (χ1v) is 7.68. The van der Waals surface area contributed by atoms with Crippen molar-refractivity contribution in [1.82, 2.24) is 0 Å². The maximum absolute atomic E-state index is 11.4. The maximum atomic E-state index is 11.4. The molecule has 0 bridgehead atoms. The molecule has 4 heteroatoms. The van der Waals surface area contributed by atoms with Crippen molar-refractivity contribution in [3.05, 3.63) is 65.2 Å². The highest BCUT2D eigenvalue weighted by atomic mass is 16.1. The molecule has 0 amide bonds. The third-order valence-electron chi connectivity index (χ3n) is 3.89. The molecule has 24 heavy (non-hydrogen) atoms. The Morgan fingerprint density at radius 2 is 1.00 bits per heavy atom. The molecular weight excluding hydrogens is 300 g/mol. The molecule has 0 N–H and O–H groups in total. The van der Waals surface area contributed by atoms with Crippen LogP contribution >= 0.6 is 0 Å². The number of carbonyl (C=O) groups excluding carboxylic acids is 2. The predicted octanol–water partition coefficient (Wildman–Crippen LogP) is 3.02. The Bertz CT molecular complexity index is 679. The molecule has 2 aromatic carbocycles. The summed E-state index contributed by atoms with van der Waals surface area (Å²) in [5, 5.41) is 0. The summed E-state index contributed by atoms with van der Waals surface area (Å²) in [7, 11) is 7.87. The second-order valence-corrected chi connectivity index (χ2v) is 5.95. The minimum atomic E-state index is 0.144. The lowest BCUT2D eigenvalue weighted by molar-refractivity contribution is -0.109. The Balaban J connectivity index is 2.55. The summed E-state index contributed by atoms with van der Waals surface area (Å²) in [5.74, 6) is 0. The normalized spacial score (nSPS) is 10.0. The summed E-state index contributed by atoms with van der Waals surface area (Å²) in [5.41, 5.74) is 4.58. The van der Waals surface area contributed by atoms with Gasteiger partial charge in [0.05, 0.1) is 5.57 Å². The monoisotopic (exact) mass is 322 g/mol. The highest BCUT2D eigenvalue weighted by Gasteiger charge is 2.12. The molecular formula is C20H22N2O2. The minimum Gasteiger partial charge on any atom is -0.378 e. The number of allylic oxidation sites excluding steroid dienone is 1. The summed E-state index contributed by atoms with van der Waals surface area (Å²) < 4.78 is 0. The van der Waals surface area contributed by atoms with Crippen LogP contribution in [0.4, 0.5) is 11.4 Å². The average molecular weight is 322 g/mol. The van der Waals surface area contributed by atoms with Crippen LogP contribution in [-0.4, -0.2) is 40.8 Å². The number of rotatable bonds is 6. The van der Waals surface area contributed by atoms with E-state index >= 15 is 0 Å². The van der Waals surface area contributed by atoms with Gasteiger partial charge in [0.1, 0.15) is 0 Å². The number of hydrogen-bond acceptors (Lipinski definition) is 4. The first-order valence-electron chi connectivity index (χ1n) is 7.68. The van der Waals surface area contributed by atoms with Gasteiger partial charge >= 0.3 is 0 Å². The van der Waals surface area contributed by atoms with Crippen LogP contribution in [-0.2, 0) is 9.59 Å². The molecule has 0 aliphatic rings. The summed E-state index contributed by atoms with van der Waals surface area (Å²) in [6.07, 6.45) is 1.23. The van der Waals surface area contributed by atoms with Crippen LogP contribution in [0.15, 0.2) is 54.1 Å². The van der Waals surface area contributed by atoms with Crippen LogP contribution in [0, 0.1) is 0 Å². The molecule has 4 nitrogen and oxygen atoms in total. The number of aldehydes is 2. The van der Waals surface area contributed by atoms with E-state index in [0.29, 0.717) is 18.1 Å². The zero-order valence-electron chi connectivity index (χ0n) is 14.5. The second-order valence-electron chi connectivity index (χ2n) is 5.95. The lowest BCUT2D eigenvalue weighted by Gasteiger charge is -2.16. The van der Waals surface area contributed by atoms with E-state index in [2.05, 4.69) is 0 Å². The molecule has 0 fully saturated rings. The van der Waals surface area contributed by atoms with Gasteiger partial charge in [0, 0.05) is 45.1 Å². The van der Waals surface area contributed by atoms with Crippen LogP contribution < -0.4 is 9.80 Å². The third-order valence-corrected chi connectivity index (χ3v) is 3.89.